The quantitative estimate of drug-likeness (QED) is 0.652. The Morgan fingerprint density at radius 2 is 2.47 bits per heavy atom. The zero-order valence-corrected chi connectivity index (χ0v) is 9.68. The Bertz CT molecular complexity index is 248. The van der Waals surface area contributed by atoms with Crippen LogP contribution in [0.4, 0.5) is 0 Å². The number of rotatable bonds is 4. The molecule has 6 heteroatoms. The maximum absolute atomic E-state index is 11.8. The Labute approximate surface area is 93.7 Å². The maximum Gasteiger partial charge on any atom is 0.240 e. The molecule has 0 radical (unpaired) electrons. The molecule has 0 bridgehead atoms. The van der Waals surface area contributed by atoms with E-state index in [9.17, 15) is 9.59 Å². The number of nitrogens with zero attached hydrogens (tertiary/aromatic N) is 1. The van der Waals surface area contributed by atoms with E-state index in [1.807, 2.05) is 6.26 Å². The SMILES string of the molecule is CSCC[C@@H](N)C(=O)N1CCNC(=O)C1. The normalized spacial score (nSPS) is 18.5. The van der Waals surface area contributed by atoms with Gasteiger partial charge >= 0.3 is 0 Å². The molecule has 1 atom stereocenters. The van der Waals surface area contributed by atoms with Gasteiger partial charge in [-0.15, -0.1) is 0 Å². The van der Waals surface area contributed by atoms with Gasteiger partial charge in [-0.1, -0.05) is 0 Å². The maximum atomic E-state index is 11.8. The molecule has 5 nitrogen and oxygen atoms in total. The molecular weight excluding hydrogens is 214 g/mol. The highest BCUT2D eigenvalue weighted by Gasteiger charge is 2.24. The van der Waals surface area contributed by atoms with Crippen molar-refractivity contribution in [2.45, 2.75) is 12.5 Å². The van der Waals surface area contributed by atoms with Crippen molar-refractivity contribution >= 4 is 23.6 Å². The van der Waals surface area contributed by atoms with Crippen molar-refractivity contribution in [1.82, 2.24) is 10.2 Å². The van der Waals surface area contributed by atoms with Crippen LogP contribution in [-0.4, -0.2) is 54.4 Å². The predicted molar refractivity (Wildman–Crippen MR) is 60.6 cm³/mol. The lowest BCUT2D eigenvalue weighted by atomic mass is 10.2. The van der Waals surface area contributed by atoms with E-state index in [0.29, 0.717) is 19.5 Å². The zero-order chi connectivity index (χ0) is 11.3. The van der Waals surface area contributed by atoms with Crippen molar-refractivity contribution in [3.8, 4) is 0 Å². The van der Waals surface area contributed by atoms with E-state index in [0.717, 1.165) is 5.75 Å². The van der Waals surface area contributed by atoms with Crippen LogP contribution in [0.25, 0.3) is 0 Å². The van der Waals surface area contributed by atoms with E-state index in [2.05, 4.69) is 5.32 Å². The number of thioether (sulfide) groups is 1. The van der Waals surface area contributed by atoms with Gasteiger partial charge in [0, 0.05) is 13.1 Å². The van der Waals surface area contributed by atoms with Crippen molar-refractivity contribution in [1.29, 1.82) is 0 Å². The van der Waals surface area contributed by atoms with E-state index in [1.165, 1.54) is 4.90 Å². The van der Waals surface area contributed by atoms with Crippen molar-refractivity contribution < 1.29 is 9.59 Å². The van der Waals surface area contributed by atoms with Crippen LogP contribution in [0.1, 0.15) is 6.42 Å². The molecule has 0 aliphatic carbocycles. The fourth-order valence-corrected chi connectivity index (χ4v) is 1.92. The van der Waals surface area contributed by atoms with Gasteiger partial charge in [0.2, 0.25) is 11.8 Å². The zero-order valence-electron chi connectivity index (χ0n) is 8.86. The Hall–Kier alpha value is -0.750. The van der Waals surface area contributed by atoms with Gasteiger partial charge in [-0.25, -0.2) is 0 Å². The van der Waals surface area contributed by atoms with Crippen molar-refractivity contribution in [3.05, 3.63) is 0 Å². The molecule has 1 saturated heterocycles. The van der Waals surface area contributed by atoms with Gasteiger partial charge in [0.1, 0.15) is 0 Å². The monoisotopic (exact) mass is 231 g/mol. The highest BCUT2D eigenvalue weighted by molar-refractivity contribution is 7.98. The summed E-state index contributed by atoms with van der Waals surface area (Å²) in [7, 11) is 0. The minimum atomic E-state index is -0.469. The summed E-state index contributed by atoms with van der Waals surface area (Å²) >= 11 is 1.66. The molecule has 0 spiro atoms. The van der Waals surface area contributed by atoms with Gasteiger partial charge in [0.15, 0.2) is 0 Å². The van der Waals surface area contributed by atoms with Crippen LogP contribution >= 0.6 is 11.8 Å². The van der Waals surface area contributed by atoms with Crippen molar-refractivity contribution in [3.63, 3.8) is 0 Å². The number of amides is 2. The minimum absolute atomic E-state index is 0.105. The largest absolute Gasteiger partial charge is 0.353 e. The first-order chi connectivity index (χ1) is 7.15. The van der Waals surface area contributed by atoms with Crippen LogP contribution in [0, 0.1) is 0 Å². The number of piperazine rings is 1. The molecule has 1 aliphatic rings. The fourth-order valence-electron chi connectivity index (χ4n) is 1.43. The second-order valence-corrected chi connectivity index (χ2v) is 4.48. The molecule has 0 aromatic carbocycles. The summed E-state index contributed by atoms with van der Waals surface area (Å²) < 4.78 is 0. The molecule has 1 rings (SSSR count). The molecule has 0 aromatic rings. The van der Waals surface area contributed by atoms with Crippen LogP contribution in [0.15, 0.2) is 0 Å². The molecule has 0 unspecified atom stereocenters. The standard InChI is InChI=1S/C9H17N3O2S/c1-15-5-2-7(10)9(14)12-4-3-11-8(13)6-12/h7H,2-6,10H2,1H3,(H,11,13)/t7-/m1/s1. The second-order valence-electron chi connectivity index (χ2n) is 3.50. The smallest absolute Gasteiger partial charge is 0.240 e. The first-order valence-corrected chi connectivity index (χ1v) is 6.34. The summed E-state index contributed by atoms with van der Waals surface area (Å²) in [6, 6.07) is -0.469. The molecule has 0 aromatic heterocycles. The Morgan fingerprint density at radius 3 is 3.07 bits per heavy atom. The third kappa shape index (κ3) is 3.71. The van der Waals surface area contributed by atoms with Crippen LogP contribution in [0.5, 0.6) is 0 Å². The van der Waals surface area contributed by atoms with Gasteiger partial charge in [0.25, 0.3) is 0 Å². The Kier molecular flexibility index (Phi) is 4.90. The van der Waals surface area contributed by atoms with E-state index in [1.54, 1.807) is 11.8 Å². The first-order valence-electron chi connectivity index (χ1n) is 4.95. The number of hydrogen-bond donors (Lipinski definition) is 2. The highest BCUT2D eigenvalue weighted by Crippen LogP contribution is 2.03. The minimum Gasteiger partial charge on any atom is -0.353 e. The number of hydrogen-bond acceptors (Lipinski definition) is 4. The lowest BCUT2D eigenvalue weighted by Crippen LogP contribution is -2.54. The molecular formula is C9H17N3O2S. The first kappa shape index (κ1) is 12.3. The van der Waals surface area contributed by atoms with Crippen molar-refractivity contribution in [2.75, 3.05) is 31.6 Å². The van der Waals surface area contributed by atoms with E-state index >= 15 is 0 Å². The van der Waals surface area contributed by atoms with Crippen molar-refractivity contribution in [2.24, 2.45) is 5.73 Å². The van der Waals surface area contributed by atoms with Crippen LogP contribution < -0.4 is 11.1 Å². The summed E-state index contributed by atoms with van der Waals surface area (Å²) in [4.78, 5) is 24.4. The van der Waals surface area contributed by atoms with Crippen LogP contribution in [0.3, 0.4) is 0 Å². The molecule has 1 aliphatic heterocycles. The third-order valence-corrected chi connectivity index (χ3v) is 2.94. The van der Waals surface area contributed by atoms with Crippen LogP contribution in [0.2, 0.25) is 0 Å². The topological polar surface area (TPSA) is 75.4 Å². The summed E-state index contributed by atoms with van der Waals surface area (Å²) in [6.07, 6.45) is 2.64. The molecule has 1 heterocycles. The van der Waals surface area contributed by atoms with Gasteiger partial charge < -0.3 is 16.0 Å². The number of nitrogens with two attached hydrogens (primary N) is 1. The molecule has 2 amide bonds. The van der Waals surface area contributed by atoms with E-state index < -0.39 is 6.04 Å². The van der Waals surface area contributed by atoms with Gasteiger partial charge in [0.05, 0.1) is 12.6 Å². The van der Waals surface area contributed by atoms with Gasteiger partial charge in [-0.2, -0.15) is 11.8 Å². The predicted octanol–water partition coefficient (Wildman–Crippen LogP) is -0.975. The Morgan fingerprint density at radius 1 is 1.73 bits per heavy atom. The fraction of sp³-hybridized carbons (Fsp3) is 0.778. The second kappa shape index (κ2) is 5.97. The number of carbonyl (C=O) groups is 2. The summed E-state index contributed by atoms with van der Waals surface area (Å²) in [5.41, 5.74) is 5.74. The van der Waals surface area contributed by atoms with Crippen LogP contribution in [-0.2, 0) is 9.59 Å². The Balaban J connectivity index is 2.40. The van der Waals surface area contributed by atoms with E-state index in [-0.39, 0.29) is 18.4 Å². The van der Waals surface area contributed by atoms with Gasteiger partial charge in [-0.3, -0.25) is 9.59 Å². The average Bonchev–Trinajstić information content (AvgIpc) is 2.24. The lowest BCUT2D eigenvalue weighted by molar-refractivity contribution is -0.139. The highest BCUT2D eigenvalue weighted by atomic mass is 32.2. The molecule has 15 heavy (non-hydrogen) atoms. The lowest BCUT2D eigenvalue weighted by Gasteiger charge is -2.28. The summed E-state index contributed by atoms with van der Waals surface area (Å²) in [5, 5.41) is 2.67. The average molecular weight is 231 g/mol. The number of nitrogens with one attached hydrogen (secondary N) is 1. The third-order valence-electron chi connectivity index (χ3n) is 2.30. The molecule has 86 valence electrons. The molecule has 0 saturated carbocycles. The van der Waals surface area contributed by atoms with Gasteiger partial charge in [-0.05, 0) is 18.4 Å². The number of carbonyl (C=O) groups excluding carboxylic acids is 2. The van der Waals surface area contributed by atoms with E-state index in [4.69, 9.17) is 5.73 Å². The molecule has 3 N–H and O–H groups in total. The summed E-state index contributed by atoms with van der Waals surface area (Å²) in [5.74, 6) is 0.651. The summed E-state index contributed by atoms with van der Waals surface area (Å²) in [6.45, 7) is 1.24. The molecule has 1 fully saturated rings.